The summed E-state index contributed by atoms with van der Waals surface area (Å²) in [6.07, 6.45) is 10.2. The first-order valence-electron chi connectivity index (χ1n) is 17.7. The smallest absolute Gasteiger partial charge is 0.164 e. The fourth-order valence-electron chi connectivity index (χ4n) is 7.50. The summed E-state index contributed by atoms with van der Waals surface area (Å²) in [7, 11) is 0. The summed E-state index contributed by atoms with van der Waals surface area (Å²) in [5.41, 5.74) is 7.28. The maximum absolute atomic E-state index is 6.80. The van der Waals surface area contributed by atoms with E-state index in [1.54, 1.807) is 6.08 Å². The Hall–Kier alpha value is -7.11. The second kappa shape index (κ2) is 12.6. The molecular weight excluding hydrogens is 651 g/mol. The van der Waals surface area contributed by atoms with Crippen LogP contribution in [0.25, 0.3) is 99.3 Å². The first-order valence-corrected chi connectivity index (χ1v) is 17.7. The Labute approximate surface area is 304 Å². The van der Waals surface area contributed by atoms with Crippen molar-refractivity contribution in [1.82, 2.24) is 15.0 Å². The highest BCUT2D eigenvalue weighted by molar-refractivity contribution is 6.22. The van der Waals surface area contributed by atoms with Crippen molar-refractivity contribution in [3.05, 3.63) is 176 Å². The minimum Gasteiger partial charge on any atom is -0.455 e. The summed E-state index contributed by atoms with van der Waals surface area (Å²) in [5.74, 6) is 1.91. The Morgan fingerprint density at radius 2 is 1.21 bits per heavy atom. The largest absolute Gasteiger partial charge is 0.455 e. The van der Waals surface area contributed by atoms with Gasteiger partial charge in [-0.2, -0.15) is 0 Å². The van der Waals surface area contributed by atoms with Gasteiger partial charge in [-0.1, -0.05) is 146 Å². The van der Waals surface area contributed by atoms with Crippen LogP contribution in [0.15, 0.2) is 179 Å². The third-order valence-electron chi connectivity index (χ3n) is 9.92. The number of nitrogens with zero attached hydrogens (tertiary/aromatic N) is 3. The third-order valence-corrected chi connectivity index (χ3v) is 9.92. The number of aromatic nitrogens is 3. The molecule has 0 unspecified atom stereocenters. The van der Waals surface area contributed by atoms with Crippen molar-refractivity contribution >= 4 is 65.4 Å². The van der Waals surface area contributed by atoms with Gasteiger partial charge in [0.05, 0.1) is 0 Å². The molecule has 0 amide bonds. The van der Waals surface area contributed by atoms with Crippen molar-refractivity contribution in [3.8, 4) is 33.9 Å². The molecule has 0 radical (unpaired) electrons. The molecule has 5 nitrogen and oxygen atoms in total. The van der Waals surface area contributed by atoms with Crippen LogP contribution in [0.3, 0.4) is 0 Å². The molecule has 0 aliphatic heterocycles. The lowest BCUT2D eigenvalue weighted by atomic mass is 9.94. The third kappa shape index (κ3) is 5.21. The standard InChI is InChI=1S/C48H31N3O2/c1-2-3-4-5-6-25-43-49-47(32-27-26-30-15-7-8-16-31(30)28-32)51-48(50-43)38-22-14-24-42-44(38)37-21-13-20-36(45(37)53-42)39-29-40-34-18-11-12-23-41(34)52-46(40)35-19-10-9-17-33(35)39/h2-24,26-29H,1,25H2/b4-3-,6-5-. The van der Waals surface area contributed by atoms with E-state index in [4.69, 9.17) is 23.8 Å². The Kier molecular flexibility index (Phi) is 7.29. The molecule has 53 heavy (non-hydrogen) atoms. The van der Waals surface area contributed by atoms with Gasteiger partial charge >= 0.3 is 0 Å². The lowest BCUT2D eigenvalue weighted by Gasteiger charge is -2.10. The first-order chi connectivity index (χ1) is 26.2. The van der Waals surface area contributed by atoms with E-state index < -0.39 is 0 Å². The average molecular weight is 682 g/mol. The molecule has 0 saturated carbocycles. The minimum absolute atomic E-state index is 0.544. The van der Waals surface area contributed by atoms with E-state index in [2.05, 4.69) is 116 Å². The number of fused-ring (bicyclic) bond motifs is 9. The van der Waals surface area contributed by atoms with E-state index in [1.807, 2.05) is 48.6 Å². The van der Waals surface area contributed by atoms with Crippen LogP contribution in [0.5, 0.6) is 0 Å². The molecule has 250 valence electrons. The highest BCUT2D eigenvalue weighted by Crippen LogP contribution is 2.44. The van der Waals surface area contributed by atoms with Gasteiger partial charge in [-0.15, -0.1) is 0 Å². The summed E-state index contributed by atoms with van der Waals surface area (Å²) < 4.78 is 13.2. The number of rotatable bonds is 7. The van der Waals surface area contributed by atoms with Gasteiger partial charge in [0.15, 0.2) is 11.6 Å². The van der Waals surface area contributed by atoms with Gasteiger partial charge in [0, 0.05) is 50.0 Å². The van der Waals surface area contributed by atoms with Crippen molar-refractivity contribution in [2.75, 3.05) is 0 Å². The van der Waals surface area contributed by atoms with Crippen LogP contribution in [-0.4, -0.2) is 15.0 Å². The van der Waals surface area contributed by atoms with E-state index in [9.17, 15) is 0 Å². The number of hydrogen-bond donors (Lipinski definition) is 0. The van der Waals surface area contributed by atoms with Gasteiger partial charge in [0.2, 0.25) is 0 Å². The molecule has 0 fully saturated rings. The Morgan fingerprint density at radius 1 is 0.491 bits per heavy atom. The van der Waals surface area contributed by atoms with E-state index in [0.717, 1.165) is 82.3 Å². The highest BCUT2D eigenvalue weighted by atomic mass is 16.3. The summed E-state index contributed by atoms with van der Waals surface area (Å²) >= 11 is 0. The zero-order valence-corrected chi connectivity index (χ0v) is 28.7. The van der Waals surface area contributed by atoms with Gasteiger partial charge in [-0.05, 0) is 46.0 Å². The topological polar surface area (TPSA) is 65.0 Å². The molecule has 0 spiro atoms. The minimum atomic E-state index is 0.544. The van der Waals surface area contributed by atoms with Gasteiger partial charge in [-0.3, -0.25) is 0 Å². The zero-order valence-electron chi connectivity index (χ0n) is 28.7. The van der Waals surface area contributed by atoms with E-state index in [-0.39, 0.29) is 0 Å². The number of hydrogen-bond acceptors (Lipinski definition) is 5. The molecule has 5 heteroatoms. The summed E-state index contributed by atoms with van der Waals surface area (Å²) in [6, 6.07) is 46.1. The maximum atomic E-state index is 6.80. The summed E-state index contributed by atoms with van der Waals surface area (Å²) in [5, 5.41) is 8.61. The van der Waals surface area contributed by atoms with Crippen molar-refractivity contribution in [3.63, 3.8) is 0 Å². The van der Waals surface area contributed by atoms with Crippen molar-refractivity contribution in [2.45, 2.75) is 6.42 Å². The molecule has 0 saturated heterocycles. The normalized spacial score (nSPS) is 12.2. The van der Waals surface area contributed by atoms with Gasteiger partial charge in [0.25, 0.3) is 0 Å². The van der Waals surface area contributed by atoms with Crippen LogP contribution in [0.4, 0.5) is 0 Å². The van der Waals surface area contributed by atoms with Crippen LogP contribution in [0.1, 0.15) is 5.82 Å². The van der Waals surface area contributed by atoms with Crippen molar-refractivity contribution < 1.29 is 8.83 Å². The Morgan fingerprint density at radius 3 is 2.11 bits per heavy atom. The first kappa shape index (κ1) is 30.7. The number of furan rings is 2. The predicted octanol–water partition coefficient (Wildman–Crippen LogP) is 12.8. The zero-order chi connectivity index (χ0) is 35.3. The quantitative estimate of drug-likeness (QED) is 0.157. The summed E-state index contributed by atoms with van der Waals surface area (Å²) in [4.78, 5) is 15.1. The van der Waals surface area contributed by atoms with Crippen LogP contribution >= 0.6 is 0 Å². The van der Waals surface area contributed by atoms with Crippen molar-refractivity contribution in [2.24, 2.45) is 0 Å². The van der Waals surface area contributed by atoms with Crippen molar-refractivity contribution in [1.29, 1.82) is 0 Å². The Balaban J connectivity index is 1.18. The molecule has 3 aromatic heterocycles. The molecule has 3 heterocycles. The van der Waals surface area contributed by atoms with E-state index >= 15 is 0 Å². The highest BCUT2D eigenvalue weighted by Gasteiger charge is 2.21. The van der Waals surface area contributed by atoms with Gasteiger partial charge in [0.1, 0.15) is 28.2 Å². The number of para-hydroxylation sites is 2. The molecule has 0 bridgehead atoms. The van der Waals surface area contributed by atoms with E-state index in [1.165, 1.54) is 5.39 Å². The fraction of sp³-hybridized carbons (Fsp3) is 0.0208. The second-order valence-electron chi connectivity index (χ2n) is 13.1. The molecule has 7 aromatic carbocycles. The number of allylic oxidation sites excluding steroid dienone is 5. The molecular formula is C48H31N3O2. The van der Waals surface area contributed by atoms with Crippen LogP contribution in [0.2, 0.25) is 0 Å². The molecule has 0 aliphatic rings. The second-order valence-corrected chi connectivity index (χ2v) is 13.1. The lowest BCUT2D eigenvalue weighted by Crippen LogP contribution is -2.02. The Bertz CT molecular complexity index is 3130. The SMILES string of the molecule is C=C/C=C\C=C/Cc1nc(-c2ccc3ccccc3c2)nc(-c2cccc3oc4c(-c5cc6c7ccccc7oc6c6ccccc56)cccc4c23)n1. The fourth-order valence-corrected chi connectivity index (χ4v) is 7.50. The van der Waals surface area contributed by atoms with Gasteiger partial charge in [-0.25, -0.2) is 15.0 Å². The maximum Gasteiger partial charge on any atom is 0.164 e. The van der Waals surface area contributed by atoms with Crippen LogP contribution in [0, 0.1) is 0 Å². The predicted molar refractivity (Wildman–Crippen MR) is 218 cm³/mol. The van der Waals surface area contributed by atoms with Crippen LogP contribution < -0.4 is 0 Å². The number of benzene rings is 7. The monoisotopic (exact) mass is 681 g/mol. The molecule has 0 aliphatic carbocycles. The summed E-state index contributed by atoms with van der Waals surface area (Å²) in [6.45, 7) is 3.76. The average Bonchev–Trinajstić information content (AvgIpc) is 3.79. The van der Waals surface area contributed by atoms with Crippen LogP contribution in [-0.2, 0) is 6.42 Å². The van der Waals surface area contributed by atoms with Gasteiger partial charge < -0.3 is 8.83 Å². The molecule has 0 N–H and O–H groups in total. The molecule has 10 rings (SSSR count). The molecule has 10 aromatic rings. The lowest BCUT2D eigenvalue weighted by molar-refractivity contribution is 0.670. The van der Waals surface area contributed by atoms with E-state index in [0.29, 0.717) is 23.9 Å². The molecule has 0 atom stereocenters.